The maximum absolute atomic E-state index is 12.4. The molecule has 3 heterocycles. The van der Waals surface area contributed by atoms with E-state index < -0.39 is 17.5 Å². The molecule has 0 saturated carbocycles. The van der Waals surface area contributed by atoms with Gasteiger partial charge in [0.05, 0.1) is 6.26 Å². The molecule has 0 aliphatic carbocycles. The first-order valence-electron chi connectivity index (χ1n) is 5.98. The van der Waals surface area contributed by atoms with Crippen LogP contribution in [0.4, 0.5) is 4.79 Å². The van der Waals surface area contributed by atoms with Crippen LogP contribution in [0.25, 0.3) is 0 Å². The van der Waals surface area contributed by atoms with Crippen LogP contribution in [0.5, 0.6) is 0 Å². The van der Waals surface area contributed by atoms with Crippen LogP contribution < -0.4 is 5.32 Å². The summed E-state index contributed by atoms with van der Waals surface area (Å²) in [6, 6.07) is 2.77. The molecular weight excluding hydrogens is 264 g/mol. The van der Waals surface area contributed by atoms with Gasteiger partial charge in [0.2, 0.25) is 5.89 Å². The lowest BCUT2D eigenvalue weighted by atomic mass is 9.99. The van der Waals surface area contributed by atoms with Crippen LogP contribution in [-0.4, -0.2) is 27.0 Å². The number of hydrogen-bond acceptors (Lipinski definition) is 6. The van der Waals surface area contributed by atoms with E-state index in [4.69, 9.17) is 8.94 Å². The zero-order valence-electron chi connectivity index (χ0n) is 10.9. The molecule has 3 rings (SSSR count). The first-order chi connectivity index (χ1) is 9.50. The summed E-state index contributed by atoms with van der Waals surface area (Å²) in [6.45, 7) is 3.18. The van der Waals surface area contributed by atoms with Gasteiger partial charge < -0.3 is 14.3 Å². The Bertz CT molecular complexity index is 663. The third kappa shape index (κ3) is 1.77. The Morgan fingerprint density at radius 3 is 2.85 bits per heavy atom. The van der Waals surface area contributed by atoms with E-state index in [1.807, 2.05) is 0 Å². The molecular formula is C12H12N4O4. The monoisotopic (exact) mass is 276 g/mol. The SMILES string of the molecule is Cc1noc(CN2C(=O)NC(C)(c3ccco3)C2=O)n1. The van der Waals surface area contributed by atoms with Crippen molar-refractivity contribution in [3.05, 3.63) is 35.9 Å². The Morgan fingerprint density at radius 2 is 2.25 bits per heavy atom. The van der Waals surface area contributed by atoms with Crippen molar-refractivity contribution in [2.24, 2.45) is 0 Å². The number of carbonyl (C=O) groups is 2. The predicted molar refractivity (Wildman–Crippen MR) is 64.2 cm³/mol. The molecule has 2 aromatic heterocycles. The second-order valence-electron chi connectivity index (χ2n) is 4.66. The van der Waals surface area contributed by atoms with Crippen molar-refractivity contribution in [2.75, 3.05) is 0 Å². The highest BCUT2D eigenvalue weighted by molar-refractivity contribution is 6.06. The van der Waals surface area contributed by atoms with Gasteiger partial charge in [0.15, 0.2) is 11.4 Å². The van der Waals surface area contributed by atoms with Gasteiger partial charge >= 0.3 is 6.03 Å². The van der Waals surface area contributed by atoms with E-state index in [-0.39, 0.29) is 12.4 Å². The molecule has 1 saturated heterocycles. The molecule has 8 nitrogen and oxygen atoms in total. The number of nitrogens with one attached hydrogen (secondary N) is 1. The highest BCUT2D eigenvalue weighted by Gasteiger charge is 2.51. The summed E-state index contributed by atoms with van der Waals surface area (Å²) >= 11 is 0. The molecule has 104 valence electrons. The highest BCUT2D eigenvalue weighted by Crippen LogP contribution is 2.29. The fourth-order valence-electron chi connectivity index (χ4n) is 2.11. The van der Waals surface area contributed by atoms with Crippen molar-refractivity contribution >= 4 is 11.9 Å². The van der Waals surface area contributed by atoms with Gasteiger partial charge in [-0.25, -0.2) is 4.79 Å². The number of hydrogen-bond donors (Lipinski definition) is 1. The van der Waals surface area contributed by atoms with Crippen LogP contribution in [0.15, 0.2) is 27.3 Å². The number of urea groups is 1. The lowest BCUT2D eigenvalue weighted by Crippen LogP contribution is -2.40. The van der Waals surface area contributed by atoms with E-state index in [2.05, 4.69) is 15.5 Å². The highest BCUT2D eigenvalue weighted by atomic mass is 16.5. The molecule has 1 fully saturated rings. The van der Waals surface area contributed by atoms with Crippen molar-refractivity contribution in [2.45, 2.75) is 25.9 Å². The van der Waals surface area contributed by atoms with Gasteiger partial charge in [-0.15, -0.1) is 0 Å². The molecule has 0 spiro atoms. The standard InChI is InChI=1S/C12H12N4O4/c1-7-13-9(20-15-7)6-16-10(17)12(2,14-11(16)18)8-4-3-5-19-8/h3-5H,6H2,1-2H3,(H,14,18). The van der Waals surface area contributed by atoms with Crippen molar-refractivity contribution in [3.8, 4) is 0 Å². The van der Waals surface area contributed by atoms with Gasteiger partial charge in [0.25, 0.3) is 5.91 Å². The van der Waals surface area contributed by atoms with Gasteiger partial charge in [0, 0.05) is 0 Å². The minimum absolute atomic E-state index is 0.0677. The topological polar surface area (TPSA) is 101 Å². The lowest BCUT2D eigenvalue weighted by Gasteiger charge is -2.18. The number of carbonyl (C=O) groups excluding carboxylic acids is 2. The van der Waals surface area contributed by atoms with E-state index >= 15 is 0 Å². The zero-order chi connectivity index (χ0) is 14.3. The normalized spacial score (nSPS) is 22.4. The fourth-order valence-corrected chi connectivity index (χ4v) is 2.11. The quantitative estimate of drug-likeness (QED) is 0.837. The van der Waals surface area contributed by atoms with Crippen molar-refractivity contribution in [1.82, 2.24) is 20.4 Å². The minimum atomic E-state index is -1.21. The molecule has 0 aromatic carbocycles. The summed E-state index contributed by atoms with van der Waals surface area (Å²) in [7, 11) is 0. The number of furan rings is 1. The van der Waals surface area contributed by atoms with Crippen LogP contribution in [0.2, 0.25) is 0 Å². The number of rotatable bonds is 3. The molecule has 20 heavy (non-hydrogen) atoms. The van der Waals surface area contributed by atoms with Crippen molar-refractivity contribution in [1.29, 1.82) is 0 Å². The Balaban J connectivity index is 1.87. The second-order valence-corrected chi connectivity index (χ2v) is 4.66. The van der Waals surface area contributed by atoms with Crippen LogP contribution >= 0.6 is 0 Å². The van der Waals surface area contributed by atoms with Gasteiger partial charge in [-0.2, -0.15) is 4.98 Å². The molecule has 0 radical (unpaired) electrons. The van der Waals surface area contributed by atoms with Gasteiger partial charge in [-0.1, -0.05) is 5.16 Å². The first kappa shape index (κ1) is 12.4. The minimum Gasteiger partial charge on any atom is -0.466 e. The number of aryl methyl sites for hydroxylation is 1. The average Bonchev–Trinajstić information content (AvgIpc) is 3.09. The van der Waals surface area contributed by atoms with Crippen LogP contribution in [0, 0.1) is 6.92 Å². The summed E-state index contributed by atoms with van der Waals surface area (Å²) < 4.78 is 10.2. The van der Waals surface area contributed by atoms with Gasteiger partial charge in [0.1, 0.15) is 12.3 Å². The largest absolute Gasteiger partial charge is 0.466 e. The van der Waals surface area contributed by atoms with Crippen molar-refractivity contribution in [3.63, 3.8) is 0 Å². The zero-order valence-corrected chi connectivity index (χ0v) is 10.9. The molecule has 1 atom stereocenters. The summed E-state index contributed by atoms with van der Waals surface area (Å²) in [5.74, 6) is 0.601. The maximum Gasteiger partial charge on any atom is 0.325 e. The molecule has 1 unspecified atom stereocenters. The van der Waals surface area contributed by atoms with Crippen molar-refractivity contribution < 1.29 is 18.5 Å². The van der Waals surface area contributed by atoms with E-state index in [1.165, 1.54) is 6.26 Å². The Morgan fingerprint density at radius 1 is 1.45 bits per heavy atom. The summed E-state index contributed by atoms with van der Waals surface area (Å²) in [5, 5.41) is 6.23. The molecule has 3 amide bonds. The molecule has 1 aliphatic heterocycles. The van der Waals surface area contributed by atoms with E-state index in [0.717, 1.165) is 4.90 Å². The molecule has 1 N–H and O–H groups in total. The van der Waals surface area contributed by atoms with E-state index in [1.54, 1.807) is 26.0 Å². The third-order valence-corrected chi connectivity index (χ3v) is 3.15. The number of amides is 3. The van der Waals surface area contributed by atoms with Gasteiger partial charge in [-0.05, 0) is 26.0 Å². The average molecular weight is 276 g/mol. The number of nitrogens with zero attached hydrogens (tertiary/aromatic N) is 3. The van der Waals surface area contributed by atoms with Crippen LogP contribution in [0.3, 0.4) is 0 Å². The van der Waals surface area contributed by atoms with Crippen LogP contribution in [0.1, 0.15) is 24.4 Å². The smallest absolute Gasteiger partial charge is 0.325 e. The summed E-state index contributed by atoms with van der Waals surface area (Å²) in [6.07, 6.45) is 1.45. The van der Waals surface area contributed by atoms with Gasteiger partial charge in [-0.3, -0.25) is 9.69 Å². The Hall–Kier alpha value is -2.64. The Kier molecular flexibility index (Phi) is 2.60. The first-order valence-corrected chi connectivity index (χ1v) is 5.98. The molecule has 0 bridgehead atoms. The summed E-state index contributed by atoms with van der Waals surface area (Å²) in [5.41, 5.74) is -1.21. The molecule has 8 heteroatoms. The van der Waals surface area contributed by atoms with E-state index in [0.29, 0.717) is 11.6 Å². The third-order valence-electron chi connectivity index (χ3n) is 3.15. The molecule has 1 aliphatic rings. The lowest BCUT2D eigenvalue weighted by molar-refractivity contribution is -0.132. The Labute approximate surface area is 113 Å². The maximum atomic E-state index is 12.4. The fraction of sp³-hybridized carbons (Fsp3) is 0.333. The predicted octanol–water partition coefficient (Wildman–Crippen LogP) is 0.938. The molecule has 2 aromatic rings. The van der Waals surface area contributed by atoms with E-state index in [9.17, 15) is 9.59 Å². The van der Waals surface area contributed by atoms with Crippen LogP contribution in [-0.2, 0) is 16.9 Å². The number of imide groups is 1. The second kappa shape index (κ2) is 4.19. The summed E-state index contributed by atoms with van der Waals surface area (Å²) in [4.78, 5) is 29.4. The number of aromatic nitrogens is 2.